The van der Waals surface area contributed by atoms with Crippen LogP contribution in [0.4, 0.5) is 0 Å². The number of likely N-dealkylation sites (tertiary alicyclic amines) is 1. The smallest absolute Gasteiger partial charge is 0.342 e. The van der Waals surface area contributed by atoms with E-state index in [-0.39, 0.29) is 41.5 Å². The maximum absolute atomic E-state index is 12.8. The molecule has 140 valence electrons. The molecule has 0 unspecified atom stereocenters. The quantitative estimate of drug-likeness (QED) is 0.770. The maximum atomic E-state index is 12.8. The topological polar surface area (TPSA) is 94.6 Å². The second-order valence-electron chi connectivity index (χ2n) is 6.70. The van der Waals surface area contributed by atoms with E-state index in [4.69, 9.17) is 9.15 Å². The summed E-state index contributed by atoms with van der Waals surface area (Å²) in [5.74, 6) is -0.0248. The molecular weight excluding hydrogens is 338 g/mol. The molecule has 3 rings (SSSR count). The zero-order chi connectivity index (χ0) is 18.8. The van der Waals surface area contributed by atoms with Crippen LogP contribution in [-0.4, -0.2) is 46.0 Å². The van der Waals surface area contributed by atoms with Crippen molar-refractivity contribution in [3.05, 3.63) is 28.0 Å². The zero-order valence-corrected chi connectivity index (χ0v) is 15.3. The zero-order valence-electron chi connectivity index (χ0n) is 15.3. The van der Waals surface area contributed by atoms with E-state index in [9.17, 15) is 14.4 Å². The number of hydrogen-bond donors (Lipinski definition) is 0. The van der Waals surface area contributed by atoms with Gasteiger partial charge in [0.1, 0.15) is 29.6 Å². The Morgan fingerprint density at radius 2 is 2.19 bits per heavy atom. The van der Waals surface area contributed by atoms with Crippen LogP contribution >= 0.6 is 0 Å². The predicted molar refractivity (Wildman–Crippen MR) is 93.9 cm³/mol. The summed E-state index contributed by atoms with van der Waals surface area (Å²) in [6.07, 6.45) is 3.36. The predicted octanol–water partition coefficient (Wildman–Crippen LogP) is 1.73. The van der Waals surface area contributed by atoms with Crippen LogP contribution in [0.3, 0.4) is 0 Å². The van der Waals surface area contributed by atoms with Crippen LogP contribution in [-0.2, 0) is 16.1 Å². The molecule has 1 atom stereocenters. The normalized spacial score (nSPS) is 17.5. The first-order valence-electron chi connectivity index (χ1n) is 8.85. The molecule has 8 heteroatoms. The number of rotatable bonds is 4. The lowest BCUT2D eigenvalue weighted by Crippen LogP contribution is -2.42. The van der Waals surface area contributed by atoms with Gasteiger partial charge in [0, 0.05) is 13.1 Å². The van der Waals surface area contributed by atoms with Gasteiger partial charge < -0.3 is 14.1 Å². The summed E-state index contributed by atoms with van der Waals surface area (Å²) in [6, 6.07) is 0. The van der Waals surface area contributed by atoms with Crippen LogP contribution in [0.15, 0.2) is 15.5 Å². The molecule has 0 bridgehead atoms. The van der Waals surface area contributed by atoms with Crippen LogP contribution in [0.5, 0.6) is 0 Å². The van der Waals surface area contributed by atoms with Crippen molar-refractivity contribution in [2.45, 2.75) is 40.2 Å². The van der Waals surface area contributed by atoms with Gasteiger partial charge >= 0.3 is 5.97 Å². The van der Waals surface area contributed by atoms with Gasteiger partial charge in [0.25, 0.3) is 5.56 Å². The molecule has 0 aromatic carbocycles. The standard InChI is InChI=1S/C18H23N3O5/c1-4-25-18(24)14-12(3)26-16-15(14)17(23)21(10-19-16)9-13(22)20-7-5-6-11(2)8-20/h10-11H,4-9H2,1-3H3/t11-/m0/s1. The molecule has 2 aromatic heterocycles. The lowest BCUT2D eigenvalue weighted by Gasteiger charge is -2.31. The summed E-state index contributed by atoms with van der Waals surface area (Å²) in [7, 11) is 0. The van der Waals surface area contributed by atoms with Gasteiger partial charge in [0.05, 0.1) is 6.61 Å². The fourth-order valence-electron chi connectivity index (χ4n) is 3.36. The average molecular weight is 361 g/mol. The fourth-order valence-corrected chi connectivity index (χ4v) is 3.36. The molecule has 0 spiro atoms. The Kier molecular flexibility index (Phi) is 5.11. The molecule has 3 heterocycles. The third-order valence-electron chi connectivity index (χ3n) is 4.65. The van der Waals surface area contributed by atoms with Gasteiger partial charge in [0.15, 0.2) is 0 Å². The molecule has 1 amide bonds. The van der Waals surface area contributed by atoms with Gasteiger partial charge in [-0.25, -0.2) is 9.78 Å². The van der Waals surface area contributed by atoms with E-state index >= 15 is 0 Å². The monoisotopic (exact) mass is 361 g/mol. The Labute approximate surface area is 150 Å². The number of furan rings is 1. The molecule has 1 aliphatic heterocycles. The van der Waals surface area contributed by atoms with Gasteiger partial charge in [-0.3, -0.25) is 14.2 Å². The number of fused-ring (bicyclic) bond motifs is 1. The second-order valence-corrected chi connectivity index (χ2v) is 6.70. The highest BCUT2D eigenvalue weighted by atomic mass is 16.5. The third-order valence-corrected chi connectivity index (χ3v) is 4.65. The van der Waals surface area contributed by atoms with Crippen LogP contribution < -0.4 is 5.56 Å². The lowest BCUT2D eigenvalue weighted by molar-refractivity contribution is -0.133. The molecule has 8 nitrogen and oxygen atoms in total. The van der Waals surface area contributed by atoms with Gasteiger partial charge in [0.2, 0.25) is 11.6 Å². The summed E-state index contributed by atoms with van der Waals surface area (Å²) < 4.78 is 11.6. The molecule has 1 aliphatic rings. The molecule has 0 aliphatic carbocycles. The molecule has 1 saturated heterocycles. The van der Waals surface area contributed by atoms with Gasteiger partial charge in [-0.05, 0) is 32.6 Å². The molecule has 0 N–H and O–H groups in total. The summed E-state index contributed by atoms with van der Waals surface area (Å²) in [5.41, 5.74) is -0.327. The number of aromatic nitrogens is 2. The molecule has 26 heavy (non-hydrogen) atoms. The highest BCUT2D eigenvalue weighted by molar-refractivity contribution is 6.03. The van der Waals surface area contributed by atoms with E-state index in [1.165, 1.54) is 10.9 Å². The number of aryl methyl sites for hydroxylation is 1. The molecular formula is C18H23N3O5. The largest absolute Gasteiger partial charge is 0.462 e. The summed E-state index contributed by atoms with van der Waals surface area (Å²) in [6.45, 7) is 6.85. The lowest BCUT2D eigenvalue weighted by atomic mass is 10.0. The molecule has 0 saturated carbocycles. The third kappa shape index (κ3) is 3.36. The highest BCUT2D eigenvalue weighted by Gasteiger charge is 2.25. The minimum atomic E-state index is -0.628. The van der Waals surface area contributed by atoms with Crippen molar-refractivity contribution in [2.24, 2.45) is 5.92 Å². The minimum absolute atomic E-state index is 0.0586. The first-order chi connectivity index (χ1) is 12.4. The van der Waals surface area contributed by atoms with Crippen molar-refractivity contribution in [1.82, 2.24) is 14.5 Å². The molecule has 2 aromatic rings. The Balaban J connectivity index is 1.94. The van der Waals surface area contributed by atoms with Crippen LogP contribution in [0.1, 0.15) is 42.8 Å². The Bertz CT molecular complexity index is 898. The number of ether oxygens (including phenoxy) is 1. The first kappa shape index (κ1) is 18.2. The fraction of sp³-hybridized carbons (Fsp3) is 0.556. The number of nitrogens with zero attached hydrogens (tertiary/aromatic N) is 3. The van der Waals surface area contributed by atoms with Crippen LogP contribution in [0.25, 0.3) is 11.1 Å². The number of hydrogen-bond acceptors (Lipinski definition) is 6. The number of amides is 1. The molecule has 0 radical (unpaired) electrons. The second kappa shape index (κ2) is 7.31. The summed E-state index contributed by atoms with van der Waals surface area (Å²) in [5, 5.41) is 0.0586. The minimum Gasteiger partial charge on any atom is -0.462 e. The number of carbonyl (C=O) groups is 2. The van der Waals surface area contributed by atoms with Gasteiger partial charge in [-0.1, -0.05) is 6.92 Å². The van der Waals surface area contributed by atoms with Crippen molar-refractivity contribution >= 4 is 23.0 Å². The summed E-state index contributed by atoms with van der Waals surface area (Å²) in [4.78, 5) is 43.4. The average Bonchev–Trinajstić information content (AvgIpc) is 2.94. The van der Waals surface area contributed by atoms with E-state index in [2.05, 4.69) is 11.9 Å². The van der Waals surface area contributed by atoms with Gasteiger partial charge in [-0.15, -0.1) is 0 Å². The van der Waals surface area contributed by atoms with E-state index in [0.717, 1.165) is 12.8 Å². The van der Waals surface area contributed by atoms with Crippen molar-refractivity contribution in [3.63, 3.8) is 0 Å². The van der Waals surface area contributed by atoms with Gasteiger partial charge in [-0.2, -0.15) is 0 Å². The van der Waals surface area contributed by atoms with Crippen molar-refractivity contribution in [2.75, 3.05) is 19.7 Å². The van der Waals surface area contributed by atoms with E-state index in [0.29, 0.717) is 19.0 Å². The SMILES string of the molecule is CCOC(=O)c1c(C)oc2ncn(CC(=O)N3CCC[C@H](C)C3)c(=O)c12. The van der Waals surface area contributed by atoms with Crippen LogP contribution in [0, 0.1) is 12.8 Å². The number of carbonyl (C=O) groups excluding carboxylic acids is 2. The summed E-state index contributed by atoms with van der Waals surface area (Å²) >= 11 is 0. The highest BCUT2D eigenvalue weighted by Crippen LogP contribution is 2.22. The Morgan fingerprint density at radius 1 is 1.42 bits per heavy atom. The van der Waals surface area contributed by atoms with E-state index in [1.807, 2.05) is 0 Å². The Morgan fingerprint density at radius 3 is 2.88 bits per heavy atom. The Hall–Kier alpha value is -2.64. The van der Waals surface area contributed by atoms with E-state index in [1.54, 1.807) is 18.7 Å². The maximum Gasteiger partial charge on any atom is 0.342 e. The van der Waals surface area contributed by atoms with Crippen molar-refractivity contribution in [3.8, 4) is 0 Å². The van der Waals surface area contributed by atoms with Crippen molar-refractivity contribution < 1.29 is 18.7 Å². The van der Waals surface area contributed by atoms with Crippen molar-refractivity contribution in [1.29, 1.82) is 0 Å². The molecule has 1 fully saturated rings. The number of piperidine rings is 1. The van der Waals surface area contributed by atoms with E-state index < -0.39 is 11.5 Å². The number of esters is 1. The van der Waals surface area contributed by atoms with Crippen LogP contribution in [0.2, 0.25) is 0 Å². The first-order valence-corrected chi connectivity index (χ1v) is 8.85.